The molecule has 0 bridgehead atoms. The van der Waals surface area contributed by atoms with Crippen molar-refractivity contribution < 1.29 is 14.5 Å². The summed E-state index contributed by atoms with van der Waals surface area (Å²) in [7, 11) is 2.69. The molecule has 13 heteroatoms. The normalized spacial score (nSPS) is 11.3. The number of carbonyl (C=O) groups is 1. The molecule has 0 aliphatic carbocycles. The lowest BCUT2D eigenvalue weighted by Gasteiger charge is -2.10. The molecular weight excluding hydrogens is 424 g/mol. The number of guanidine groups is 2. The van der Waals surface area contributed by atoms with Gasteiger partial charge in [-0.1, -0.05) is 41.7 Å². The van der Waals surface area contributed by atoms with Crippen molar-refractivity contribution in [3.63, 3.8) is 0 Å². The van der Waals surface area contributed by atoms with Gasteiger partial charge in [-0.2, -0.15) is 5.26 Å². The van der Waals surface area contributed by atoms with E-state index >= 15 is 0 Å². The molecule has 0 unspecified atom stereocenters. The summed E-state index contributed by atoms with van der Waals surface area (Å²) in [5, 5.41) is 30.4. The first-order valence-corrected chi connectivity index (χ1v) is 9.66. The number of hydrogen-bond acceptors (Lipinski definition) is 8. The Labute approximate surface area is 181 Å². The van der Waals surface area contributed by atoms with Crippen molar-refractivity contribution >= 4 is 40.0 Å². The Morgan fingerprint density at radius 3 is 2.68 bits per heavy atom. The lowest BCUT2D eigenvalue weighted by Crippen LogP contribution is -2.38. The second kappa shape index (κ2) is 11.7. The first-order valence-electron chi connectivity index (χ1n) is 8.84. The summed E-state index contributed by atoms with van der Waals surface area (Å²) in [4.78, 5) is 31.4. The SMILES string of the molecule is CN=C(NC#N)NCCN=C(NC(=O)OC)Nc1cc(-c2ccccc2)sc1[N+](=O)[O-]. The van der Waals surface area contributed by atoms with E-state index in [9.17, 15) is 14.9 Å². The summed E-state index contributed by atoms with van der Waals surface area (Å²) in [5.74, 6) is 0.228. The third-order valence-electron chi connectivity index (χ3n) is 3.67. The van der Waals surface area contributed by atoms with Crippen LogP contribution in [0.4, 0.5) is 15.5 Å². The smallest absolute Gasteiger partial charge is 0.413 e. The summed E-state index contributed by atoms with van der Waals surface area (Å²) in [5.41, 5.74) is 1.00. The molecule has 4 N–H and O–H groups in total. The van der Waals surface area contributed by atoms with E-state index in [4.69, 9.17) is 5.26 Å². The van der Waals surface area contributed by atoms with Gasteiger partial charge in [0.2, 0.25) is 11.9 Å². The molecule has 2 aromatic rings. The highest BCUT2D eigenvalue weighted by atomic mass is 32.1. The van der Waals surface area contributed by atoms with Crippen LogP contribution in [0.25, 0.3) is 10.4 Å². The van der Waals surface area contributed by atoms with Crippen LogP contribution in [0.5, 0.6) is 0 Å². The summed E-state index contributed by atoms with van der Waals surface area (Å²) in [6.07, 6.45) is 0.950. The number of nitro groups is 1. The standard InChI is InChI=1S/C18H20N8O4S/c1-20-16(23-11-19)21-8-9-22-17(25-18(27)30-2)24-13-10-14(31-15(13)26(28)29)12-6-4-3-5-7-12/h3-7,10H,8-9H2,1-2H3,(H2,20,21,23)(H2,22,24,25,27). The maximum Gasteiger partial charge on any atom is 0.413 e. The van der Waals surface area contributed by atoms with Crippen LogP contribution in [0.15, 0.2) is 46.4 Å². The Hall–Kier alpha value is -4.18. The van der Waals surface area contributed by atoms with Crippen molar-refractivity contribution in [2.75, 3.05) is 32.6 Å². The fourth-order valence-corrected chi connectivity index (χ4v) is 3.24. The molecule has 1 heterocycles. The first-order chi connectivity index (χ1) is 15.0. The highest BCUT2D eigenvalue weighted by Crippen LogP contribution is 2.40. The number of thiophene rings is 1. The van der Waals surface area contributed by atoms with E-state index in [-0.39, 0.29) is 35.7 Å². The zero-order valence-corrected chi connectivity index (χ0v) is 17.5. The number of alkyl carbamates (subject to hydrolysis) is 1. The minimum absolute atomic E-state index is 0.0302. The second-order valence-electron chi connectivity index (χ2n) is 5.66. The number of nitrogens with zero attached hydrogens (tertiary/aromatic N) is 4. The maximum absolute atomic E-state index is 11.7. The molecule has 1 aromatic carbocycles. The van der Waals surface area contributed by atoms with Crippen LogP contribution in [-0.4, -0.2) is 50.2 Å². The van der Waals surface area contributed by atoms with E-state index in [1.165, 1.54) is 14.2 Å². The Bertz CT molecular complexity index is 1010. The van der Waals surface area contributed by atoms with E-state index in [0.717, 1.165) is 16.9 Å². The summed E-state index contributed by atoms with van der Waals surface area (Å²) < 4.78 is 4.58. The van der Waals surface area contributed by atoms with Gasteiger partial charge in [0.25, 0.3) is 0 Å². The number of rotatable bonds is 6. The van der Waals surface area contributed by atoms with E-state index in [1.807, 2.05) is 30.3 Å². The van der Waals surface area contributed by atoms with E-state index in [1.54, 1.807) is 12.3 Å². The number of anilines is 1. The molecule has 0 saturated heterocycles. The lowest BCUT2D eigenvalue weighted by molar-refractivity contribution is -0.379. The molecule has 0 spiro atoms. The van der Waals surface area contributed by atoms with E-state index in [2.05, 4.69) is 36.0 Å². The van der Waals surface area contributed by atoms with Crippen LogP contribution in [0.3, 0.4) is 0 Å². The molecule has 0 aliphatic rings. The Morgan fingerprint density at radius 1 is 1.32 bits per heavy atom. The Balaban J connectivity index is 2.21. The molecule has 31 heavy (non-hydrogen) atoms. The molecule has 0 fully saturated rings. The molecule has 162 valence electrons. The Kier molecular flexibility index (Phi) is 8.74. The highest BCUT2D eigenvalue weighted by Gasteiger charge is 2.22. The van der Waals surface area contributed by atoms with E-state index < -0.39 is 11.0 Å². The van der Waals surface area contributed by atoms with Gasteiger partial charge in [-0.15, -0.1) is 0 Å². The molecule has 1 aromatic heterocycles. The largest absolute Gasteiger partial charge is 0.453 e. The molecule has 2 rings (SSSR count). The van der Waals surface area contributed by atoms with Gasteiger partial charge in [0.15, 0.2) is 6.19 Å². The van der Waals surface area contributed by atoms with Gasteiger partial charge < -0.3 is 15.4 Å². The zero-order valence-electron chi connectivity index (χ0n) is 16.7. The molecule has 0 aliphatic heterocycles. The first kappa shape index (κ1) is 23.1. The van der Waals surface area contributed by atoms with Gasteiger partial charge in [-0.25, -0.2) is 4.79 Å². The summed E-state index contributed by atoms with van der Waals surface area (Å²) in [6, 6.07) is 10.8. The average molecular weight is 444 g/mol. The fourth-order valence-electron chi connectivity index (χ4n) is 2.31. The predicted octanol–water partition coefficient (Wildman–Crippen LogP) is 2.09. The number of nitrogens with one attached hydrogen (secondary N) is 4. The van der Waals surface area contributed by atoms with Crippen molar-refractivity contribution in [2.24, 2.45) is 9.98 Å². The minimum Gasteiger partial charge on any atom is -0.453 e. The topological polar surface area (TPSA) is 166 Å². The number of benzene rings is 1. The lowest BCUT2D eigenvalue weighted by atomic mass is 10.2. The molecular formula is C18H20N8O4S. The number of amides is 1. The number of carbonyl (C=O) groups excluding carboxylic acids is 1. The van der Waals surface area contributed by atoms with Gasteiger partial charge in [0, 0.05) is 18.5 Å². The van der Waals surface area contributed by atoms with Crippen LogP contribution in [-0.2, 0) is 4.74 Å². The van der Waals surface area contributed by atoms with Gasteiger partial charge in [0.1, 0.15) is 5.69 Å². The van der Waals surface area contributed by atoms with Crippen molar-refractivity contribution in [1.29, 1.82) is 5.26 Å². The molecule has 0 saturated carbocycles. The summed E-state index contributed by atoms with van der Waals surface area (Å²) in [6.45, 7) is 0.429. The van der Waals surface area contributed by atoms with Crippen molar-refractivity contribution in [3.05, 3.63) is 46.5 Å². The third kappa shape index (κ3) is 6.98. The predicted molar refractivity (Wildman–Crippen MR) is 118 cm³/mol. The number of nitriles is 1. The molecule has 1 amide bonds. The number of aliphatic imine (C=N–C) groups is 2. The highest BCUT2D eigenvalue weighted by molar-refractivity contribution is 7.19. The van der Waals surface area contributed by atoms with Crippen LogP contribution in [0, 0.1) is 21.6 Å². The number of hydrogen-bond donors (Lipinski definition) is 4. The molecule has 12 nitrogen and oxygen atoms in total. The number of methoxy groups -OCH3 is 1. The minimum atomic E-state index is -0.790. The molecule has 0 atom stereocenters. The van der Waals surface area contributed by atoms with Gasteiger partial charge in [-0.3, -0.25) is 30.7 Å². The Morgan fingerprint density at radius 2 is 2.06 bits per heavy atom. The van der Waals surface area contributed by atoms with Crippen molar-refractivity contribution in [1.82, 2.24) is 16.0 Å². The van der Waals surface area contributed by atoms with Crippen LogP contribution >= 0.6 is 11.3 Å². The second-order valence-corrected chi connectivity index (χ2v) is 6.69. The maximum atomic E-state index is 11.7. The quantitative estimate of drug-likeness (QED) is 0.0999. The summed E-state index contributed by atoms with van der Waals surface area (Å²) >= 11 is 1.00. The van der Waals surface area contributed by atoms with Crippen LogP contribution in [0.2, 0.25) is 0 Å². The average Bonchev–Trinajstić information content (AvgIpc) is 3.20. The molecule has 0 radical (unpaired) electrons. The van der Waals surface area contributed by atoms with Crippen LogP contribution < -0.4 is 21.3 Å². The van der Waals surface area contributed by atoms with Gasteiger partial charge >= 0.3 is 11.1 Å². The van der Waals surface area contributed by atoms with Crippen molar-refractivity contribution in [2.45, 2.75) is 0 Å². The monoisotopic (exact) mass is 444 g/mol. The zero-order chi connectivity index (χ0) is 22.6. The third-order valence-corrected chi connectivity index (χ3v) is 4.80. The number of ether oxygens (including phenoxy) is 1. The van der Waals surface area contributed by atoms with Gasteiger partial charge in [-0.05, 0) is 11.6 Å². The van der Waals surface area contributed by atoms with E-state index in [0.29, 0.717) is 4.88 Å². The fraction of sp³-hybridized carbons (Fsp3) is 0.222. The van der Waals surface area contributed by atoms with Crippen LogP contribution in [0.1, 0.15) is 0 Å². The van der Waals surface area contributed by atoms with Gasteiger partial charge in [0.05, 0.1) is 18.6 Å². The van der Waals surface area contributed by atoms with Crippen molar-refractivity contribution in [3.8, 4) is 16.6 Å².